The van der Waals surface area contributed by atoms with Gasteiger partial charge in [-0.25, -0.2) is 0 Å². The van der Waals surface area contributed by atoms with Crippen LogP contribution in [0.5, 0.6) is 11.5 Å². The Balaban J connectivity index is 1.83. The SMILES string of the molecule is COc1cc(CCC(=O)NC2CCCCCCC2)cc(OC)c1. The van der Waals surface area contributed by atoms with E-state index in [0.717, 1.165) is 29.9 Å². The van der Waals surface area contributed by atoms with Gasteiger partial charge < -0.3 is 14.8 Å². The van der Waals surface area contributed by atoms with Crippen LogP contribution in [-0.2, 0) is 11.2 Å². The van der Waals surface area contributed by atoms with Crippen LogP contribution in [0.1, 0.15) is 56.9 Å². The number of aryl methyl sites for hydroxylation is 1. The van der Waals surface area contributed by atoms with Crippen molar-refractivity contribution in [2.45, 2.75) is 63.8 Å². The number of methoxy groups -OCH3 is 2. The number of hydrogen-bond donors (Lipinski definition) is 1. The fraction of sp³-hybridized carbons (Fsp3) is 0.632. The molecule has 0 radical (unpaired) electrons. The molecule has 2 rings (SSSR count). The van der Waals surface area contributed by atoms with Gasteiger partial charge in [-0.15, -0.1) is 0 Å². The van der Waals surface area contributed by atoms with Crippen LogP contribution in [0, 0.1) is 0 Å². The lowest BCUT2D eigenvalue weighted by atomic mass is 9.96. The van der Waals surface area contributed by atoms with Crippen molar-refractivity contribution in [2.75, 3.05) is 14.2 Å². The maximum Gasteiger partial charge on any atom is 0.220 e. The maximum absolute atomic E-state index is 12.2. The highest BCUT2D eigenvalue weighted by molar-refractivity contribution is 5.76. The molecule has 1 aliphatic rings. The minimum atomic E-state index is 0.150. The molecule has 4 heteroatoms. The minimum absolute atomic E-state index is 0.150. The summed E-state index contributed by atoms with van der Waals surface area (Å²) in [5.74, 6) is 1.68. The summed E-state index contributed by atoms with van der Waals surface area (Å²) < 4.78 is 10.5. The molecule has 1 aliphatic carbocycles. The molecule has 1 aromatic rings. The Hall–Kier alpha value is -1.71. The molecular formula is C19H29NO3. The Kier molecular flexibility index (Phi) is 7.24. The fourth-order valence-corrected chi connectivity index (χ4v) is 3.17. The third-order valence-corrected chi connectivity index (χ3v) is 4.52. The molecule has 0 saturated heterocycles. The second-order valence-electron chi connectivity index (χ2n) is 6.33. The molecule has 23 heavy (non-hydrogen) atoms. The Bertz CT molecular complexity index is 471. The first-order valence-corrected chi connectivity index (χ1v) is 8.72. The van der Waals surface area contributed by atoms with Gasteiger partial charge in [-0.2, -0.15) is 0 Å². The van der Waals surface area contributed by atoms with Gasteiger partial charge in [-0.1, -0.05) is 32.1 Å². The van der Waals surface area contributed by atoms with Gasteiger partial charge in [0.2, 0.25) is 5.91 Å². The van der Waals surface area contributed by atoms with Gasteiger partial charge in [-0.3, -0.25) is 4.79 Å². The molecule has 0 aliphatic heterocycles. The summed E-state index contributed by atoms with van der Waals surface area (Å²) in [5, 5.41) is 3.21. The van der Waals surface area contributed by atoms with E-state index in [-0.39, 0.29) is 5.91 Å². The van der Waals surface area contributed by atoms with E-state index in [4.69, 9.17) is 9.47 Å². The third-order valence-electron chi connectivity index (χ3n) is 4.52. The van der Waals surface area contributed by atoms with Crippen molar-refractivity contribution in [1.29, 1.82) is 0 Å². The Morgan fingerprint density at radius 3 is 2.13 bits per heavy atom. The van der Waals surface area contributed by atoms with Crippen LogP contribution in [0.25, 0.3) is 0 Å². The summed E-state index contributed by atoms with van der Waals surface area (Å²) in [6, 6.07) is 6.14. The van der Waals surface area contributed by atoms with E-state index in [1.54, 1.807) is 14.2 Å². The van der Waals surface area contributed by atoms with Gasteiger partial charge in [0.25, 0.3) is 0 Å². The number of nitrogens with one attached hydrogen (secondary N) is 1. The zero-order valence-corrected chi connectivity index (χ0v) is 14.4. The first kappa shape index (κ1) is 17.6. The highest BCUT2D eigenvalue weighted by Gasteiger charge is 2.14. The zero-order chi connectivity index (χ0) is 16.5. The zero-order valence-electron chi connectivity index (χ0n) is 14.4. The largest absolute Gasteiger partial charge is 0.497 e. The van der Waals surface area contributed by atoms with E-state index in [9.17, 15) is 4.79 Å². The van der Waals surface area contributed by atoms with Gasteiger partial charge in [0.1, 0.15) is 11.5 Å². The molecule has 0 bridgehead atoms. The molecule has 0 aromatic heterocycles. The molecule has 0 unspecified atom stereocenters. The molecule has 0 heterocycles. The average Bonchev–Trinajstić information content (AvgIpc) is 2.55. The molecule has 1 N–H and O–H groups in total. The van der Waals surface area contributed by atoms with Crippen LogP contribution in [0.15, 0.2) is 18.2 Å². The normalized spacial score (nSPS) is 16.3. The van der Waals surface area contributed by atoms with Crippen molar-refractivity contribution in [2.24, 2.45) is 0 Å². The Morgan fingerprint density at radius 1 is 1.00 bits per heavy atom. The van der Waals surface area contributed by atoms with Gasteiger partial charge in [0, 0.05) is 18.5 Å². The lowest BCUT2D eigenvalue weighted by molar-refractivity contribution is -0.121. The van der Waals surface area contributed by atoms with Crippen molar-refractivity contribution in [1.82, 2.24) is 5.32 Å². The molecule has 0 atom stereocenters. The topological polar surface area (TPSA) is 47.6 Å². The summed E-state index contributed by atoms with van der Waals surface area (Å²) in [5.41, 5.74) is 1.06. The van der Waals surface area contributed by atoms with Crippen molar-refractivity contribution in [3.8, 4) is 11.5 Å². The molecule has 0 spiro atoms. The third kappa shape index (κ3) is 6.12. The first-order valence-electron chi connectivity index (χ1n) is 8.72. The van der Waals surface area contributed by atoms with Crippen molar-refractivity contribution < 1.29 is 14.3 Å². The number of ether oxygens (including phenoxy) is 2. The molecule has 1 aromatic carbocycles. The summed E-state index contributed by atoms with van der Waals surface area (Å²) in [4.78, 5) is 12.2. The predicted octanol–water partition coefficient (Wildman–Crippen LogP) is 3.87. The Morgan fingerprint density at radius 2 is 1.57 bits per heavy atom. The minimum Gasteiger partial charge on any atom is -0.497 e. The van der Waals surface area contributed by atoms with Crippen LogP contribution >= 0.6 is 0 Å². The van der Waals surface area contributed by atoms with Gasteiger partial charge in [-0.05, 0) is 37.0 Å². The van der Waals surface area contributed by atoms with Crippen LogP contribution in [0.2, 0.25) is 0 Å². The number of benzene rings is 1. The predicted molar refractivity (Wildman–Crippen MR) is 92.1 cm³/mol. The lowest BCUT2D eigenvalue weighted by Gasteiger charge is -2.21. The molecule has 1 amide bonds. The van der Waals surface area contributed by atoms with E-state index >= 15 is 0 Å². The summed E-state index contributed by atoms with van der Waals surface area (Å²) >= 11 is 0. The number of carbonyl (C=O) groups excluding carboxylic acids is 1. The van der Waals surface area contributed by atoms with Gasteiger partial charge in [0.15, 0.2) is 0 Å². The van der Waals surface area contributed by atoms with E-state index in [0.29, 0.717) is 18.9 Å². The van der Waals surface area contributed by atoms with Crippen LogP contribution in [0.4, 0.5) is 0 Å². The highest BCUT2D eigenvalue weighted by atomic mass is 16.5. The van der Waals surface area contributed by atoms with Crippen LogP contribution in [-0.4, -0.2) is 26.2 Å². The quantitative estimate of drug-likeness (QED) is 0.866. The monoisotopic (exact) mass is 319 g/mol. The number of hydrogen-bond acceptors (Lipinski definition) is 3. The second kappa shape index (κ2) is 9.43. The Labute approximate surface area is 139 Å². The van der Waals surface area contributed by atoms with E-state index in [1.807, 2.05) is 18.2 Å². The van der Waals surface area contributed by atoms with E-state index in [1.165, 1.54) is 32.1 Å². The number of rotatable bonds is 6. The summed E-state index contributed by atoms with van der Waals surface area (Å²) in [6.45, 7) is 0. The highest BCUT2D eigenvalue weighted by Crippen LogP contribution is 2.23. The molecule has 1 fully saturated rings. The summed E-state index contributed by atoms with van der Waals surface area (Å²) in [6.07, 6.45) is 9.87. The fourth-order valence-electron chi connectivity index (χ4n) is 3.17. The van der Waals surface area contributed by atoms with Crippen molar-refractivity contribution >= 4 is 5.91 Å². The van der Waals surface area contributed by atoms with Crippen LogP contribution in [0.3, 0.4) is 0 Å². The van der Waals surface area contributed by atoms with Crippen molar-refractivity contribution in [3.05, 3.63) is 23.8 Å². The van der Waals surface area contributed by atoms with Gasteiger partial charge in [0.05, 0.1) is 14.2 Å². The molecular weight excluding hydrogens is 290 g/mol. The molecule has 1 saturated carbocycles. The smallest absolute Gasteiger partial charge is 0.220 e. The maximum atomic E-state index is 12.2. The van der Waals surface area contributed by atoms with E-state index in [2.05, 4.69) is 5.32 Å². The first-order chi connectivity index (χ1) is 11.2. The average molecular weight is 319 g/mol. The second-order valence-corrected chi connectivity index (χ2v) is 6.33. The standard InChI is InChI=1S/C19H29NO3/c1-22-17-12-15(13-18(14-17)23-2)10-11-19(21)20-16-8-6-4-3-5-7-9-16/h12-14,16H,3-11H2,1-2H3,(H,20,21). The van der Waals surface area contributed by atoms with Crippen molar-refractivity contribution in [3.63, 3.8) is 0 Å². The van der Waals surface area contributed by atoms with E-state index < -0.39 is 0 Å². The number of carbonyl (C=O) groups is 1. The summed E-state index contributed by atoms with van der Waals surface area (Å²) in [7, 11) is 3.28. The lowest BCUT2D eigenvalue weighted by Crippen LogP contribution is -2.35. The molecule has 128 valence electrons. The molecule has 4 nitrogen and oxygen atoms in total. The van der Waals surface area contributed by atoms with Gasteiger partial charge >= 0.3 is 0 Å². The number of amides is 1. The van der Waals surface area contributed by atoms with Crippen LogP contribution < -0.4 is 14.8 Å².